The van der Waals surface area contributed by atoms with E-state index in [2.05, 4.69) is 17.8 Å². The van der Waals surface area contributed by atoms with E-state index in [0.29, 0.717) is 24.2 Å². The molecular weight excluding hydrogens is 304 g/mol. The van der Waals surface area contributed by atoms with Gasteiger partial charge in [-0.05, 0) is 37.8 Å². The van der Waals surface area contributed by atoms with Crippen molar-refractivity contribution in [2.24, 2.45) is 4.99 Å². The lowest BCUT2D eigenvalue weighted by Gasteiger charge is -2.29. The fourth-order valence-electron chi connectivity index (χ4n) is 3.01. The number of carbonyl (C=O) groups is 1. The molecule has 24 heavy (non-hydrogen) atoms. The van der Waals surface area contributed by atoms with Crippen molar-refractivity contribution in [1.82, 2.24) is 0 Å². The van der Waals surface area contributed by atoms with Crippen LogP contribution in [0.5, 0.6) is 0 Å². The van der Waals surface area contributed by atoms with E-state index in [1.807, 2.05) is 42.2 Å². The van der Waals surface area contributed by atoms with Gasteiger partial charge >= 0.3 is 0 Å². The molecule has 0 radical (unpaired) electrons. The highest BCUT2D eigenvalue weighted by Crippen LogP contribution is 2.34. The van der Waals surface area contributed by atoms with E-state index in [-0.39, 0.29) is 5.91 Å². The van der Waals surface area contributed by atoms with Gasteiger partial charge in [0, 0.05) is 32.9 Å². The normalized spacial score (nSPS) is 21.9. The van der Waals surface area contributed by atoms with Crippen LogP contribution in [0.4, 0.5) is 5.69 Å². The maximum atomic E-state index is 13.0. The highest BCUT2D eigenvalue weighted by molar-refractivity contribution is 6.10. The third-order valence-electron chi connectivity index (χ3n) is 4.43. The van der Waals surface area contributed by atoms with Gasteiger partial charge in [-0.2, -0.15) is 0 Å². The van der Waals surface area contributed by atoms with E-state index in [1.54, 1.807) is 7.11 Å². The number of hydrogen-bond acceptors (Lipinski definition) is 4. The summed E-state index contributed by atoms with van der Waals surface area (Å²) in [5.41, 5.74) is 2.94. The lowest BCUT2D eigenvalue weighted by atomic mass is 9.90. The molecule has 5 heteroatoms. The molecule has 0 saturated carbocycles. The van der Waals surface area contributed by atoms with Gasteiger partial charge < -0.3 is 14.7 Å². The highest BCUT2D eigenvalue weighted by atomic mass is 16.5. The van der Waals surface area contributed by atoms with Gasteiger partial charge in [-0.3, -0.25) is 9.79 Å². The average Bonchev–Trinajstić information content (AvgIpc) is 3.07. The van der Waals surface area contributed by atoms with Gasteiger partial charge in [0.2, 0.25) is 0 Å². The minimum Gasteiger partial charge on any atom is -0.400 e. The van der Waals surface area contributed by atoms with Crippen LogP contribution in [0.2, 0.25) is 0 Å². The number of hydrogen-bond donors (Lipinski definition) is 1. The molecular formula is C19H24N2O3. The molecule has 2 aliphatic rings. The maximum absolute atomic E-state index is 13.0. The fourth-order valence-corrected chi connectivity index (χ4v) is 3.01. The van der Waals surface area contributed by atoms with Crippen molar-refractivity contribution >= 4 is 18.3 Å². The topological polar surface area (TPSA) is 62.1 Å². The quantitative estimate of drug-likeness (QED) is 0.867. The van der Waals surface area contributed by atoms with E-state index >= 15 is 0 Å². The van der Waals surface area contributed by atoms with E-state index < -0.39 is 5.60 Å². The molecule has 1 heterocycles. The Kier molecular flexibility index (Phi) is 5.70. The molecule has 1 aromatic rings. The maximum Gasteiger partial charge on any atom is 0.260 e. The number of aliphatic hydroxyl groups excluding tert-OH is 1. The third-order valence-corrected chi connectivity index (χ3v) is 4.43. The van der Waals surface area contributed by atoms with Crippen LogP contribution in [-0.2, 0) is 16.0 Å². The Hall–Kier alpha value is -2.24. The van der Waals surface area contributed by atoms with E-state index in [9.17, 15) is 4.79 Å². The Morgan fingerprint density at radius 1 is 1.38 bits per heavy atom. The zero-order valence-corrected chi connectivity index (χ0v) is 14.5. The molecule has 0 fully saturated rings. The van der Waals surface area contributed by atoms with Gasteiger partial charge in [-0.15, -0.1) is 0 Å². The Morgan fingerprint density at radius 3 is 2.75 bits per heavy atom. The van der Waals surface area contributed by atoms with Crippen LogP contribution in [0.25, 0.3) is 0 Å². The number of aliphatic hydroxyl groups is 1. The largest absolute Gasteiger partial charge is 0.400 e. The lowest BCUT2D eigenvalue weighted by Crippen LogP contribution is -2.35. The number of carbonyl (C=O) groups excluding carboxylic acids is 1. The Morgan fingerprint density at radius 2 is 2.08 bits per heavy atom. The van der Waals surface area contributed by atoms with Crippen LogP contribution in [0.15, 0.2) is 52.7 Å². The van der Waals surface area contributed by atoms with Crippen molar-refractivity contribution in [3.8, 4) is 0 Å². The second-order valence-electron chi connectivity index (χ2n) is 5.86. The molecule has 3 rings (SSSR count). The minimum atomic E-state index is -0.474. The van der Waals surface area contributed by atoms with Crippen LogP contribution >= 0.6 is 0 Å². The number of rotatable bonds is 3. The second kappa shape index (κ2) is 7.55. The van der Waals surface area contributed by atoms with Gasteiger partial charge in [0.25, 0.3) is 5.91 Å². The average molecular weight is 328 g/mol. The molecule has 0 spiro atoms. The van der Waals surface area contributed by atoms with E-state index in [1.165, 1.54) is 5.56 Å². The summed E-state index contributed by atoms with van der Waals surface area (Å²) >= 11 is 0. The number of anilines is 1. The highest BCUT2D eigenvalue weighted by Gasteiger charge is 2.33. The number of para-hydroxylation sites is 1. The van der Waals surface area contributed by atoms with Crippen LogP contribution in [-0.4, -0.2) is 44.1 Å². The van der Waals surface area contributed by atoms with Gasteiger partial charge in [0.15, 0.2) is 0 Å². The molecule has 1 aliphatic heterocycles. The van der Waals surface area contributed by atoms with E-state index in [4.69, 9.17) is 9.84 Å². The van der Waals surface area contributed by atoms with Crippen molar-refractivity contribution < 1.29 is 14.6 Å². The smallest absolute Gasteiger partial charge is 0.260 e. The predicted octanol–water partition coefficient (Wildman–Crippen LogP) is 2.50. The van der Waals surface area contributed by atoms with Crippen molar-refractivity contribution in [3.63, 3.8) is 0 Å². The first-order valence-electron chi connectivity index (χ1n) is 7.88. The molecule has 1 N–H and O–H groups in total. The molecule has 0 saturated heterocycles. The zero-order valence-electron chi connectivity index (χ0n) is 14.5. The van der Waals surface area contributed by atoms with Crippen LogP contribution in [0.3, 0.4) is 0 Å². The molecule has 1 aromatic carbocycles. The number of ether oxygens (including phenoxy) is 1. The molecule has 0 aromatic heterocycles. The third kappa shape index (κ3) is 3.32. The van der Waals surface area contributed by atoms with Gasteiger partial charge in [0.1, 0.15) is 0 Å². The number of aliphatic imine (C=N–C) groups is 1. The summed E-state index contributed by atoms with van der Waals surface area (Å²) in [7, 11) is 2.66. The minimum absolute atomic E-state index is 0.0356. The fraction of sp³-hybridized carbons (Fsp3) is 0.368. The number of nitrogens with zero attached hydrogens (tertiary/aromatic N) is 2. The zero-order chi connectivity index (χ0) is 17.7. The number of benzene rings is 1. The summed E-state index contributed by atoms with van der Waals surface area (Å²) in [5, 5.41) is 7.00. The van der Waals surface area contributed by atoms with Crippen LogP contribution in [0.1, 0.15) is 18.9 Å². The summed E-state index contributed by atoms with van der Waals surface area (Å²) in [6.45, 7) is 6.26. The Labute approximate surface area is 143 Å². The predicted molar refractivity (Wildman–Crippen MR) is 96.4 cm³/mol. The molecule has 1 unspecified atom stereocenters. The van der Waals surface area contributed by atoms with Gasteiger partial charge in [0.05, 0.1) is 16.9 Å². The Bertz CT molecular complexity index is 694. The first-order valence-corrected chi connectivity index (χ1v) is 7.88. The molecule has 1 atom stereocenters. The van der Waals surface area contributed by atoms with Crippen molar-refractivity contribution in [3.05, 3.63) is 53.3 Å². The van der Waals surface area contributed by atoms with Crippen LogP contribution < -0.4 is 4.90 Å². The standard InChI is InChI=1S/C18H20N2O2.CH4O/c1-18(22-3)10-8-15(19-2)14(12-18)17(21)20-11-9-13-6-4-5-7-16(13)20;1-2/h4-8,12H,2,9-11H2,1,3H3;2H,1H3. The number of fused-ring (bicyclic) bond motifs is 1. The summed E-state index contributed by atoms with van der Waals surface area (Å²) in [6, 6.07) is 8.02. The monoisotopic (exact) mass is 328 g/mol. The SMILES string of the molecule is C=NC1=CCC(C)(OC)C=C1C(=O)N1CCc2ccccc21.CO. The van der Waals surface area contributed by atoms with Gasteiger partial charge in [-0.25, -0.2) is 0 Å². The van der Waals surface area contributed by atoms with Crippen molar-refractivity contribution in [2.45, 2.75) is 25.4 Å². The van der Waals surface area contributed by atoms with Crippen molar-refractivity contribution in [1.29, 1.82) is 0 Å². The molecule has 0 bridgehead atoms. The molecule has 1 amide bonds. The van der Waals surface area contributed by atoms with Crippen LogP contribution in [0, 0.1) is 0 Å². The lowest BCUT2D eigenvalue weighted by molar-refractivity contribution is -0.115. The first-order chi connectivity index (χ1) is 11.6. The molecule has 128 valence electrons. The summed E-state index contributed by atoms with van der Waals surface area (Å²) in [4.78, 5) is 18.8. The first kappa shape index (κ1) is 18.1. The number of methoxy groups -OCH3 is 1. The van der Waals surface area contributed by atoms with Gasteiger partial charge in [-0.1, -0.05) is 24.3 Å². The Balaban J connectivity index is 0.00000100. The van der Waals surface area contributed by atoms with Crippen molar-refractivity contribution in [2.75, 3.05) is 25.7 Å². The summed E-state index contributed by atoms with van der Waals surface area (Å²) in [6.07, 6.45) is 5.37. The molecule has 5 nitrogen and oxygen atoms in total. The second-order valence-corrected chi connectivity index (χ2v) is 5.86. The summed E-state index contributed by atoms with van der Waals surface area (Å²) in [5.74, 6) is -0.0356. The number of amides is 1. The summed E-state index contributed by atoms with van der Waals surface area (Å²) < 4.78 is 5.53. The molecule has 1 aliphatic carbocycles. The van der Waals surface area contributed by atoms with E-state index in [0.717, 1.165) is 19.2 Å².